The molecule has 3 nitrogen and oxygen atoms in total. The van der Waals surface area contributed by atoms with Gasteiger partial charge in [0, 0.05) is 6.99 Å². The summed E-state index contributed by atoms with van der Waals surface area (Å²) in [4.78, 5) is 0. The highest BCUT2D eigenvalue weighted by Gasteiger charge is 1.98. The van der Waals surface area contributed by atoms with E-state index < -0.39 is 0 Å². The van der Waals surface area contributed by atoms with Gasteiger partial charge in [-0.1, -0.05) is 37.6 Å². The maximum atomic E-state index is 3.99. The maximum Gasteiger partial charge on any atom is 0.112 e. The van der Waals surface area contributed by atoms with Crippen LogP contribution in [0.5, 0.6) is 0 Å². The van der Waals surface area contributed by atoms with Crippen LogP contribution in [-0.2, 0) is 0 Å². The molecule has 0 unspecified atom stereocenters. The van der Waals surface area contributed by atoms with E-state index in [9.17, 15) is 0 Å². The van der Waals surface area contributed by atoms with Gasteiger partial charge in [-0.25, -0.2) is 0 Å². The van der Waals surface area contributed by atoms with Crippen molar-refractivity contribution in [3.05, 3.63) is 36.0 Å². The molecule has 1 heterocycles. The predicted molar refractivity (Wildman–Crippen MR) is 60.0 cm³/mol. The minimum Gasteiger partial charge on any atom is -0.197 e. The van der Waals surface area contributed by atoms with Crippen molar-refractivity contribution in [2.24, 2.45) is 0 Å². The molecule has 0 atom stereocenters. The molecule has 0 spiro atoms. The Labute approximate surface area is 85.7 Å². The van der Waals surface area contributed by atoms with Crippen molar-refractivity contribution in [2.75, 3.05) is 0 Å². The average molecular weight is 191 g/mol. The normalized spacial score (nSPS) is 9.07. The van der Waals surface area contributed by atoms with Crippen molar-refractivity contribution in [1.82, 2.24) is 15.4 Å². The molecule has 1 N–H and O–H groups in total. The minimum absolute atomic E-state index is 0. The van der Waals surface area contributed by atoms with Gasteiger partial charge in [0.15, 0.2) is 0 Å². The Bertz CT molecular complexity index is 371. The fraction of sp³-hybridized carbons (Fsp3) is 0.273. The third kappa shape index (κ3) is 2.42. The molecule has 2 rings (SSSR count). The molecule has 1 aromatic carbocycles. The molecular weight excluding hydrogens is 174 g/mol. The zero-order valence-electron chi connectivity index (χ0n) is 8.78. The lowest BCUT2D eigenvalue weighted by atomic mass is 10.1. The van der Waals surface area contributed by atoms with Crippen LogP contribution in [0, 0.1) is 6.92 Å². The highest BCUT2D eigenvalue weighted by molar-refractivity contribution is 5.58. The third-order valence-electron chi connectivity index (χ3n) is 1.73. The van der Waals surface area contributed by atoms with E-state index in [1.54, 1.807) is 6.20 Å². The SMILES string of the molecule is CC.Cc1cccc(-c2cn[nH]n2)c1.[HH]. The van der Waals surface area contributed by atoms with E-state index in [0.29, 0.717) is 0 Å². The first kappa shape index (κ1) is 10.4. The van der Waals surface area contributed by atoms with Crippen LogP contribution < -0.4 is 0 Å². The van der Waals surface area contributed by atoms with Gasteiger partial charge >= 0.3 is 0 Å². The number of hydrogen-bond donors (Lipinski definition) is 1. The van der Waals surface area contributed by atoms with Crippen molar-refractivity contribution >= 4 is 0 Å². The Morgan fingerprint density at radius 3 is 2.64 bits per heavy atom. The fourth-order valence-corrected chi connectivity index (χ4v) is 1.15. The summed E-state index contributed by atoms with van der Waals surface area (Å²) in [6, 6.07) is 8.17. The molecule has 0 amide bonds. The van der Waals surface area contributed by atoms with Gasteiger partial charge in [-0.15, -0.1) is 0 Å². The van der Waals surface area contributed by atoms with Gasteiger partial charge in [0.25, 0.3) is 0 Å². The van der Waals surface area contributed by atoms with Crippen LogP contribution in [0.4, 0.5) is 0 Å². The third-order valence-corrected chi connectivity index (χ3v) is 1.73. The molecular formula is C11H17N3. The second-order valence-corrected chi connectivity index (χ2v) is 2.72. The van der Waals surface area contributed by atoms with Crippen molar-refractivity contribution in [3.63, 3.8) is 0 Å². The number of aromatic nitrogens is 3. The van der Waals surface area contributed by atoms with Gasteiger partial charge < -0.3 is 0 Å². The second kappa shape index (κ2) is 5.17. The average Bonchev–Trinajstić information content (AvgIpc) is 2.74. The van der Waals surface area contributed by atoms with Crippen LogP contribution in [0.3, 0.4) is 0 Å². The summed E-state index contributed by atoms with van der Waals surface area (Å²) in [6.07, 6.45) is 1.72. The number of nitrogens with one attached hydrogen (secondary N) is 1. The molecule has 1 aromatic heterocycles. The van der Waals surface area contributed by atoms with Crippen molar-refractivity contribution in [2.45, 2.75) is 20.8 Å². The van der Waals surface area contributed by atoms with Gasteiger partial charge in [0.05, 0.1) is 6.20 Å². The van der Waals surface area contributed by atoms with Crippen molar-refractivity contribution < 1.29 is 1.43 Å². The van der Waals surface area contributed by atoms with Crippen LogP contribution in [-0.4, -0.2) is 15.4 Å². The smallest absolute Gasteiger partial charge is 0.112 e. The summed E-state index contributed by atoms with van der Waals surface area (Å²) < 4.78 is 0. The molecule has 0 radical (unpaired) electrons. The molecule has 76 valence electrons. The van der Waals surface area contributed by atoms with Crippen molar-refractivity contribution in [3.8, 4) is 11.3 Å². The van der Waals surface area contributed by atoms with E-state index in [0.717, 1.165) is 11.3 Å². The summed E-state index contributed by atoms with van der Waals surface area (Å²) in [7, 11) is 0. The summed E-state index contributed by atoms with van der Waals surface area (Å²) in [5.41, 5.74) is 3.22. The molecule has 0 bridgehead atoms. The zero-order valence-corrected chi connectivity index (χ0v) is 8.78. The minimum atomic E-state index is 0. The summed E-state index contributed by atoms with van der Waals surface area (Å²) in [5, 5.41) is 10.3. The maximum absolute atomic E-state index is 3.99. The molecule has 0 aliphatic carbocycles. The number of hydrogen-bond acceptors (Lipinski definition) is 2. The van der Waals surface area contributed by atoms with E-state index >= 15 is 0 Å². The van der Waals surface area contributed by atoms with E-state index in [-0.39, 0.29) is 1.43 Å². The molecule has 0 aliphatic heterocycles. The Morgan fingerprint density at radius 1 is 1.29 bits per heavy atom. The zero-order chi connectivity index (χ0) is 10.4. The number of aromatic amines is 1. The summed E-state index contributed by atoms with van der Waals surface area (Å²) in [5.74, 6) is 0. The van der Waals surface area contributed by atoms with Crippen LogP contribution >= 0.6 is 0 Å². The van der Waals surface area contributed by atoms with E-state index in [4.69, 9.17) is 0 Å². The number of H-pyrrole nitrogens is 1. The van der Waals surface area contributed by atoms with Crippen molar-refractivity contribution in [1.29, 1.82) is 0 Å². The lowest BCUT2D eigenvalue weighted by Crippen LogP contribution is -1.78. The number of aryl methyl sites for hydroxylation is 1. The predicted octanol–water partition coefficient (Wildman–Crippen LogP) is 3.05. The topological polar surface area (TPSA) is 41.6 Å². The van der Waals surface area contributed by atoms with Gasteiger partial charge in [-0.2, -0.15) is 15.4 Å². The Morgan fingerprint density at radius 2 is 2.07 bits per heavy atom. The van der Waals surface area contributed by atoms with E-state index in [1.807, 2.05) is 26.0 Å². The molecule has 0 saturated carbocycles. The largest absolute Gasteiger partial charge is 0.197 e. The first-order valence-electron chi connectivity index (χ1n) is 4.79. The van der Waals surface area contributed by atoms with Crippen LogP contribution in [0.25, 0.3) is 11.3 Å². The molecule has 2 aromatic rings. The molecule has 0 aliphatic rings. The standard InChI is InChI=1S/C9H9N3.C2H6.H2/c1-7-3-2-4-8(5-7)9-6-10-12-11-9;1-2;/h2-6H,1H3,(H,10,11,12);1-2H3;1H. The van der Waals surface area contributed by atoms with Crippen LogP contribution in [0.15, 0.2) is 30.5 Å². The van der Waals surface area contributed by atoms with Gasteiger partial charge in [0.2, 0.25) is 0 Å². The van der Waals surface area contributed by atoms with E-state index in [2.05, 4.69) is 34.5 Å². The van der Waals surface area contributed by atoms with Gasteiger partial charge in [-0.05, 0) is 13.0 Å². The first-order valence-corrected chi connectivity index (χ1v) is 4.79. The first-order chi connectivity index (χ1) is 6.86. The van der Waals surface area contributed by atoms with Crippen LogP contribution in [0.1, 0.15) is 20.8 Å². The molecule has 0 fully saturated rings. The number of benzene rings is 1. The summed E-state index contributed by atoms with van der Waals surface area (Å²) in [6.45, 7) is 6.06. The van der Waals surface area contributed by atoms with Gasteiger partial charge in [-0.3, -0.25) is 0 Å². The lowest BCUT2D eigenvalue weighted by molar-refractivity contribution is 0.942. The molecule has 3 heteroatoms. The van der Waals surface area contributed by atoms with Gasteiger partial charge in [0.1, 0.15) is 5.69 Å². The fourth-order valence-electron chi connectivity index (χ4n) is 1.15. The Hall–Kier alpha value is -1.64. The highest BCUT2D eigenvalue weighted by Crippen LogP contribution is 2.15. The molecule has 0 saturated heterocycles. The second-order valence-electron chi connectivity index (χ2n) is 2.72. The molecule has 14 heavy (non-hydrogen) atoms. The Balaban J connectivity index is 0.000000617. The monoisotopic (exact) mass is 191 g/mol. The number of nitrogens with zero attached hydrogens (tertiary/aromatic N) is 2. The highest BCUT2D eigenvalue weighted by atomic mass is 15.3. The van der Waals surface area contributed by atoms with Crippen LogP contribution in [0.2, 0.25) is 0 Å². The van der Waals surface area contributed by atoms with E-state index in [1.165, 1.54) is 5.56 Å². The lowest BCUT2D eigenvalue weighted by Gasteiger charge is -1.95. The Kier molecular flexibility index (Phi) is 3.85. The quantitative estimate of drug-likeness (QED) is 0.752. The number of rotatable bonds is 1. The summed E-state index contributed by atoms with van der Waals surface area (Å²) >= 11 is 0.